The standard InChI is InChI=1S/C84H140N6O60/c1-19-43(104)57(118)62(123)79(132-19)130-18-36-69(53(114)37(73(127)133-36)85-20(2)98)144-76-40(88-23(5)101)54(115)68(32(14-97)138-76)147-82-65(126)70(148-84-72(61(122)47(108)29(11-94)137-84)150-78-42(90-25(7)103)56(117)67(31(13-96)140-78)146-81-64(125)59(120)49(110)34(142-81)16-129-75-39(87-22(4)100)52(113)45(106)27(9-92)135-75)50(111)35(143-82)17-131-83-71(60(121)46(107)28(10-93)136-83)149-77-41(89-24(6)102)55(116)66(30(12-95)139-77)145-80-63(124)58(119)48(109)33(141-80)15-128-74-38(86-21(3)99)51(112)44(105)26(8-91)134-74/h19,26-84,91-97,104-127H,8-18H2,1-7H3,(H,85,98)(H,86,99)(H,87,100)(H,88,101)(H,89,102)(H,90,103)/t19-,26+,27+,28+,29+,30+,31+,32+,33+,34+,35+,36+,37+,38+,39+,40+,41+,42-,43+,44+,45+,46+,47+,48-,49-,50+,51+,52+,53+,54+,55+,56+,57+,58-,59-,60-,61-,62-,63+,64+,65-,66+,67+,68+,69+,70-,71-,72-,73?,74-,75-,76-,77-,78-,79+,80-,81-,82-,83-,84+/m0/s1. The third kappa shape index (κ3) is 27.8. The number of aliphatic hydroxyl groups is 31. The van der Waals surface area contributed by atoms with Crippen molar-refractivity contribution >= 4 is 35.4 Å². The van der Waals surface area contributed by atoms with Gasteiger partial charge in [0.25, 0.3) is 0 Å². The number of nitrogens with one attached hydrogen (secondary N) is 6. The molecule has 0 saturated carbocycles. The Morgan fingerprint density at radius 1 is 0.187 bits per heavy atom. The zero-order valence-corrected chi connectivity index (χ0v) is 81.1. The van der Waals surface area contributed by atoms with Crippen LogP contribution in [-0.4, -0.2) is 635 Å². The largest absolute Gasteiger partial charge is 0.394 e. The second-order valence-electron chi connectivity index (χ2n) is 38.2. The lowest BCUT2D eigenvalue weighted by molar-refractivity contribution is -0.399. The van der Waals surface area contributed by atoms with Crippen LogP contribution in [0.15, 0.2) is 0 Å². The number of rotatable bonds is 39. The molecule has 0 radical (unpaired) electrons. The molecule has 12 aliphatic rings. The fraction of sp³-hybridized carbons (Fsp3) is 0.929. The van der Waals surface area contributed by atoms with Crippen LogP contribution < -0.4 is 31.9 Å². The molecule has 37 N–H and O–H groups in total. The molecular formula is C84H140N6O60. The highest BCUT2D eigenvalue weighted by molar-refractivity contribution is 5.75. The van der Waals surface area contributed by atoms with Gasteiger partial charge >= 0.3 is 0 Å². The van der Waals surface area contributed by atoms with E-state index >= 15 is 0 Å². The number of hydrogen-bond acceptors (Lipinski definition) is 60. The highest BCUT2D eigenvalue weighted by Crippen LogP contribution is 2.42. The van der Waals surface area contributed by atoms with Crippen LogP contribution in [0.4, 0.5) is 0 Å². The molecule has 0 aromatic heterocycles. The molecular weight excluding hydrogens is 2050 g/mol. The Morgan fingerprint density at radius 3 is 0.780 bits per heavy atom. The van der Waals surface area contributed by atoms with E-state index in [2.05, 4.69) is 31.9 Å². The minimum atomic E-state index is -2.71. The summed E-state index contributed by atoms with van der Waals surface area (Å²) in [5.41, 5.74) is 0. The predicted molar refractivity (Wildman–Crippen MR) is 463 cm³/mol. The molecule has 66 heteroatoms. The summed E-state index contributed by atoms with van der Waals surface area (Å²) in [5, 5.41) is 366. The summed E-state index contributed by atoms with van der Waals surface area (Å²) in [6.45, 7) is -5.14. The third-order valence-electron chi connectivity index (χ3n) is 27.4. The summed E-state index contributed by atoms with van der Waals surface area (Å²) < 4.78 is 138. The second-order valence-corrected chi connectivity index (χ2v) is 38.2. The van der Waals surface area contributed by atoms with Gasteiger partial charge in [-0.2, -0.15) is 0 Å². The Balaban J connectivity index is 0.845. The van der Waals surface area contributed by atoms with E-state index in [1.807, 2.05) is 0 Å². The van der Waals surface area contributed by atoms with Gasteiger partial charge in [-0.1, -0.05) is 0 Å². The Bertz CT molecular complexity index is 4250. The first-order valence-corrected chi connectivity index (χ1v) is 48.0. The molecule has 866 valence electrons. The van der Waals surface area contributed by atoms with Crippen molar-refractivity contribution in [1.29, 1.82) is 0 Å². The lowest BCUT2D eigenvalue weighted by Gasteiger charge is -2.51. The fourth-order valence-electron chi connectivity index (χ4n) is 19.4. The molecule has 12 aliphatic heterocycles. The van der Waals surface area contributed by atoms with E-state index in [1.165, 1.54) is 6.92 Å². The molecule has 12 saturated heterocycles. The average molecular weight is 2190 g/mol. The summed E-state index contributed by atoms with van der Waals surface area (Å²) in [6, 6.07) is -11.2. The van der Waals surface area contributed by atoms with Gasteiger partial charge in [-0.25, -0.2) is 0 Å². The Labute approximate surface area is 849 Å². The number of aliphatic hydroxyl groups excluding tert-OH is 31. The first-order valence-electron chi connectivity index (χ1n) is 48.0. The van der Waals surface area contributed by atoms with Crippen LogP contribution >= 0.6 is 0 Å². The zero-order valence-electron chi connectivity index (χ0n) is 81.1. The van der Waals surface area contributed by atoms with Crippen LogP contribution in [-0.2, 0) is 138 Å². The fourth-order valence-corrected chi connectivity index (χ4v) is 19.4. The lowest BCUT2D eigenvalue weighted by atomic mass is 9.93. The molecule has 1 unspecified atom stereocenters. The van der Waals surface area contributed by atoms with E-state index in [0.717, 1.165) is 41.5 Å². The molecule has 66 nitrogen and oxygen atoms in total. The van der Waals surface area contributed by atoms with Gasteiger partial charge in [-0.15, -0.1) is 0 Å². The SMILES string of the molecule is CC(=O)N[C@@H]1[C@H](O[C@@H]2[C@@H](O[C@@H]3[C@H](O)[C@H](O[C@H]4[C@H](O)[C@@H](NC(C)=O)[C@H](O[C@H]5[C@H](O)[C@@H](NC(C)=O)C(O)O[C@@H]5CO[C@@H]5O[C@@H](C)[C@@H](O)[C@@H](O)[C@@H]5O)O[C@@H]4CO)O[C@H](CO[C@H]4O[C@H](CO)[C@@H](O)[C@H](O)[C@@H]4O[C@@H]4O[C@H](CO)[C@@H](O[C@@H]5O[C@H](CO[C@H]6O[C@H](CO)[C@@H](O)[C@H](O)[C@H]6NC(C)=O)[C@H](O)[C@H](O)[C@H]5O)[C@H](O)[C@H]4NC(C)=O)[C@H]3O)O[C@H](CO)[C@@H](O)[C@@H]2O)O[C@H](CO)[C@@H](O[C@@H]2O[C@H](CO[C@H]3O[C@H](CO)[C@@H](O)[C@H](O)[C@H]3NC(C)=O)[C@H](O)[C@H](O)[C@H]2O)[C@@H]1O. The van der Waals surface area contributed by atoms with Crippen molar-refractivity contribution in [1.82, 2.24) is 31.9 Å². The molecule has 150 heavy (non-hydrogen) atoms. The highest BCUT2D eigenvalue weighted by atomic mass is 16.8. The van der Waals surface area contributed by atoms with E-state index in [-0.39, 0.29) is 0 Å². The molecule has 0 aliphatic carbocycles. The van der Waals surface area contributed by atoms with Gasteiger partial charge in [0.05, 0.1) is 78.8 Å². The Kier molecular flexibility index (Phi) is 44.4. The first kappa shape index (κ1) is 123. The van der Waals surface area contributed by atoms with E-state index in [1.54, 1.807) is 0 Å². The first-order chi connectivity index (χ1) is 70.8. The summed E-state index contributed by atoms with van der Waals surface area (Å²) in [5.74, 6) is -5.53. The quantitative estimate of drug-likeness (QED) is 0.0272. The van der Waals surface area contributed by atoms with Crippen molar-refractivity contribution in [2.24, 2.45) is 0 Å². The van der Waals surface area contributed by atoms with Gasteiger partial charge in [0, 0.05) is 41.5 Å². The highest BCUT2D eigenvalue weighted by Gasteiger charge is 2.63. The molecule has 0 spiro atoms. The maximum atomic E-state index is 13.4. The molecule has 0 aromatic rings. The van der Waals surface area contributed by atoms with Crippen molar-refractivity contribution in [3.8, 4) is 0 Å². The van der Waals surface area contributed by atoms with E-state index in [4.69, 9.17) is 109 Å². The zero-order chi connectivity index (χ0) is 110. The smallest absolute Gasteiger partial charge is 0.217 e. The van der Waals surface area contributed by atoms with Crippen LogP contribution in [0.5, 0.6) is 0 Å². The minimum Gasteiger partial charge on any atom is -0.394 e. The molecule has 12 heterocycles. The van der Waals surface area contributed by atoms with Gasteiger partial charge in [-0.3, -0.25) is 28.8 Å². The summed E-state index contributed by atoms with van der Waals surface area (Å²) >= 11 is 0. The van der Waals surface area contributed by atoms with Crippen molar-refractivity contribution in [3.63, 3.8) is 0 Å². The molecule has 60 atom stereocenters. The van der Waals surface area contributed by atoms with Crippen molar-refractivity contribution in [3.05, 3.63) is 0 Å². The van der Waals surface area contributed by atoms with Crippen LogP contribution in [0.25, 0.3) is 0 Å². The molecule has 6 amide bonds. The predicted octanol–water partition coefficient (Wildman–Crippen LogP) is -25.3. The molecule has 0 aromatic carbocycles. The topological polar surface area (TPSA) is 1010 Å². The van der Waals surface area contributed by atoms with E-state index < -0.39 is 476 Å². The Hall–Kier alpha value is -5.34. The summed E-state index contributed by atoms with van der Waals surface area (Å²) in [6.07, 6.45) is -114. The van der Waals surface area contributed by atoms with Crippen LogP contribution in [0.3, 0.4) is 0 Å². The van der Waals surface area contributed by atoms with Gasteiger partial charge in [-0.05, 0) is 6.92 Å². The third-order valence-corrected chi connectivity index (χ3v) is 27.4. The Morgan fingerprint density at radius 2 is 0.420 bits per heavy atom. The van der Waals surface area contributed by atoms with Crippen molar-refractivity contribution in [2.75, 3.05) is 72.7 Å². The van der Waals surface area contributed by atoms with Gasteiger partial charge in [0.15, 0.2) is 75.5 Å². The summed E-state index contributed by atoms with van der Waals surface area (Å²) in [7, 11) is 0. The van der Waals surface area contributed by atoms with Gasteiger partial charge in [0.1, 0.15) is 287 Å². The minimum absolute atomic E-state index is 0.769. The molecule has 12 rings (SSSR count). The van der Waals surface area contributed by atoms with Crippen molar-refractivity contribution in [2.45, 2.75) is 417 Å². The monoisotopic (exact) mass is 2190 g/mol. The van der Waals surface area contributed by atoms with Crippen molar-refractivity contribution < 1.29 is 296 Å². The van der Waals surface area contributed by atoms with Gasteiger partial charge in [0.2, 0.25) is 35.4 Å². The molecule has 12 fully saturated rings. The van der Waals surface area contributed by atoms with E-state index in [9.17, 15) is 187 Å². The number of carbonyl (C=O) groups excluding carboxylic acids is 6. The summed E-state index contributed by atoms with van der Waals surface area (Å²) in [4.78, 5) is 77.0. The van der Waals surface area contributed by atoms with Gasteiger partial charge < -0.3 is 299 Å². The normalized spacial score (nSPS) is 48.8. The van der Waals surface area contributed by atoms with Crippen LogP contribution in [0.1, 0.15) is 48.5 Å². The number of ether oxygens (including phenoxy) is 23. The number of amides is 6. The maximum Gasteiger partial charge on any atom is 0.217 e. The maximum absolute atomic E-state index is 13.4. The van der Waals surface area contributed by atoms with E-state index in [0.29, 0.717) is 0 Å². The lowest BCUT2D eigenvalue weighted by Crippen LogP contribution is -2.71. The molecule has 0 bridgehead atoms. The number of carbonyl (C=O) groups is 6. The average Bonchev–Trinajstić information content (AvgIpc) is 0.760. The number of hydrogen-bond donors (Lipinski definition) is 37. The van der Waals surface area contributed by atoms with Crippen LogP contribution in [0.2, 0.25) is 0 Å². The van der Waals surface area contributed by atoms with Crippen LogP contribution in [0, 0.1) is 0 Å². The second kappa shape index (κ2) is 54.0.